The third-order valence-corrected chi connectivity index (χ3v) is 5.30. The van der Waals surface area contributed by atoms with Crippen molar-refractivity contribution in [2.24, 2.45) is 0 Å². The van der Waals surface area contributed by atoms with Gasteiger partial charge in [0.05, 0.1) is 26.4 Å². The van der Waals surface area contributed by atoms with Crippen LogP contribution in [-0.2, 0) is 0 Å². The lowest BCUT2D eigenvalue weighted by atomic mass is 10.0. The molecule has 0 saturated carbocycles. The molecule has 0 aliphatic carbocycles. The molecule has 0 unspecified atom stereocenters. The number of thiophene rings is 1. The molecule has 4 aromatic rings. The van der Waals surface area contributed by atoms with Crippen molar-refractivity contribution < 1.29 is 9.72 Å². The van der Waals surface area contributed by atoms with Crippen molar-refractivity contribution in [1.29, 1.82) is 0 Å². The predicted octanol–water partition coefficient (Wildman–Crippen LogP) is 5.00. The van der Waals surface area contributed by atoms with Crippen molar-refractivity contribution in [3.63, 3.8) is 0 Å². The van der Waals surface area contributed by atoms with E-state index in [4.69, 9.17) is 0 Å². The third-order valence-electron chi connectivity index (χ3n) is 4.43. The number of carbonyl (C=O) groups is 1. The molecule has 0 aliphatic heterocycles. The summed E-state index contributed by atoms with van der Waals surface area (Å²) in [5.41, 5.74) is 2.77. The fourth-order valence-corrected chi connectivity index (χ4v) is 3.71. The van der Waals surface area contributed by atoms with Crippen molar-refractivity contribution in [2.45, 2.75) is 0 Å². The highest BCUT2D eigenvalue weighted by Crippen LogP contribution is 2.29. The molecular weight excluding hydrogens is 388 g/mol. The van der Waals surface area contributed by atoms with Crippen LogP contribution >= 0.6 is 11.3 Å². The summed E-state index contributed by atoms with van der Waals surface area (Å²) in [6, 6.07) is 15.8. The Kier molecular flexibility index (Phi) is 4.92. The summed E-state index contributed by atoms with van der Waals surface area (Å²) in [6.07, 6.45) is 1.63. The predicted molar refractivity (Wildman–Crippen MR) is 115 cm³/mol. The Morgan fingerprint density at radius 3 is 2.72 bits per heavy atom. The van der Waals surface area contributed by atoms with E-state index in [0.29, 0.717) is 27.5 Å². The number of allylic oxidation sites excluding steroid dienone is 1. The minimum absolute atomic E-state index is 0.0613. The number of benzene rings is 2. The van der Waals surface area contributed by atoms with E-state index in [-0.39, 0.29) is 11.5 Å². The van der Waals surface area contributed by atoms with Gasteiger partial charge in [-0.1, -0.05) is 24.3 Å². The molecule has 2 aromatic heterocycles. The molecule has 0 fully saturated rings. The Balaban J connectivity index is 1.87. The summed E-state index contributed by atoms with van der Waals surface area (Å²) in [4.78, 5) is 32.4. The molecule has 0 bridgehead atoms. The zero-order chi connectivity index (χ0) is 20.4. The normalized spacial score (nSPS) is 11.6. The number of ketones is 1. The molecule has 8 heteroatoms. The van der Waals surface area contributed by atoms with Crippen molar-refractivity contribution in [1.82, 2.24) is 9.97 Å². The minimum Gasteiger partial charge on any atom is -0.383 e. The van der Waals surface area contributed by atoms with Crippen LogP contribution in [0.5, 0.6) is 0 Å². The van der Waals surface area contributed by atoms with Crippen molar-refractivity contribution >= 4 is 51.2 Å². The number of hydrogen-bond acceptors (Lipinski definition) is 6. The molecule has 0 radical (unpaired) electrons. The van der Waals surface area contributed by atoms with E-state index < -0.39 is 4.92 Å². The number of rotatable bonds is 6. The Hall–Kier alpha value is -3.78. The Bertz CT molecular complexity index is 1210. The van der Waals surface area contributed by atoms with Gasteiger partial charge < -0.3 is 10.3 Å². The van der Waals surface area contributed by atoms with Crippen LogP contribution in [-0.4, -0.2) is 27.7 Å². The molecule has 0 aliphatic rings. The minimum atomic E-state index is -0.453. The largest absolute Gasteiger partial charge is 0.383 e. The number of Topliss-reactive ketones (excluding diaryl/α,β-unsaturated/α-hetero) is 1. The highest BCUT2D eigenvalue weighted by atomic mass is 32.1. The summed E-state index contributed by atoms with van der Waals surface area (Å²) in [5.74, 6) is 0.226. The van der Waals surface area contributed by atoms with E-state index in [1.807, 2.05) is 29.6 Å². The van der Waals surface area contributed by atoms with E-state index in [1.165, 1.54) is 17.4 Å². The number of nitro groups is 1. The summed E-state index contributed by atoms with van der Waals surface area (Å²) < 4.78 is 0. The molecule has 2 aromatic carbocycles. The number of nitrogens with one attached hydrogen (secondary N) is 2. The number of aromatic nitrogens is 2. The lowest BCUT2D eigenvalue weighted by Gasteiger charge is -2.05. The van der Waals surface area contributed by atoms with Gasteiger partial charge in [0.25, 0.3) is 5.69 Å². The summed E-state index contributed by atoms with van der Waals surface area (Å²) in [6.45, 7) is 0. The number of carbonyl (C=O) groups excluding carboxylic acids is 1. The first-order valence-electron chi connectivity index (χ1n) is 8.78. The number of imidazole rings is 1. The van der Waals surface area contributed by atoms with Gasteiger partial charge in [0.1, 0.15) is 11.5 Å². The fourth-order valence-electron chi connectivity index (χ4n) is 3.03. The second kappa shape index (κ2) is 7.69. The Labute approximate surface area is 169 Å². The number of hydrogen-bond donors (Lipinski definition) is 2. The molecule has 144 valence electrons. The topological polar surface area (TPSA) is 101 Å². The van der Waals surface area contributed by atoms with Gasteiger partial charge in [-0.2, -0.15) is 0 Å². The molecule has 0 spiro atoms. The number of fused-ring (bicyclic) bond motifs is 1. The van der Waals surface area contributed by atoms with Crippen LogP contribution in [0, 0.1) is 10.1 Å². The van der Waals surface area contributed by atoms with Gasteiger partial charge in [0.2, 0.25) is 5.78 Å². The highest BCUT2D eigenvalue weighted by Gasteiger charge is 2.20. The van der Waals surface area contributed by atoms with Crippen LogP contribution in [0.3, 0.4) is 0 Å². The number of aromatic amines is 1. The highest BCUT2D eigenvalue weighted by molar-refractivity contribution is 7.12. The SMILES string of the molecule is CNc1ccc(/C=C(/C(=O)c2cccs2)c2nc3ccccc3[nH]2)cc1[N+](=O)[O-]. The molecule has 2 N–H and O–H groups in total. The van der Waals surface area contributed by atoms with Gasteiger partial charge in [-0.25, -0.2) is 4.98 Å². The Morgan fingerprint density at radius 2 is 2.03 bits per heavy atom. The number of nitrogens with zero attached hydrogens (tertiary/aromatic N) is 2. The monoisotopic (exact) mass is 404 g/mol. The maximum absolute atomic E-state index is 13.2. The maximum Gasteiger partial charge on any atom is 0.292 e. The van der Waals surface area contributed by atoms with Crippen LogP contribution in [0.25, 0.3) is 22.7 Å². The average Bonchev–Trinajstić information content (AvgIpc) is 3.41. The molecule has 7 nitrogen and oxygen atoms in total. The van der Waals surface area contributed by atoms with Gasteiger partial charge in [0.15, 0.2) is 0 Å². The second-order valence-electron chi connectivity index (χ2n) is 6.25. The fraction of sp³-hybridized carbons (Fsp3) is 0.0476. The maximum atomic E-state index is 13.2. The quantitative estimate of drug-likeness (QED) is 0.204. The van der Waals surface area contributed by atoms with Crippen molar-refractivity contribution in [3.8, 4) is 0 Å². The van der Waals surface area contributed by atoms with Gasteiger partial charge >= 0.3 is 0 Å². The van der Waals surface area contributed by atoms with Gasteiger partial charge in [-0.05, 0) is 41.3 Å². The number of para-hydroxylation sites is 2. The van der Waals surface area contributed by atoms with Crippen LogP contribution < -0.4 is 5.32 Å². The molecule has 2 heterocycles. The summed E-state index contributed by atoms with van der Waals surface area (Å²) in [5, 5.41) is 16.0. The summed E-state index contributed by atoms with van der Waals surface area (Å²) in [7, 11) is 1.62. The van der Waals surface area contributed by atoms with E-state index in [1.54, 1.807) is 37.4 Å². The standard InChI is InChI=1S/C21H16N4O3S/c1-22-17-9-8-13(12-18(17)25(27)28)11-14(20(26)19-7-4-10-29-19)21-23-15-5-2-3-6-16(15)24-21/h2-12,22H,1H3,(H,23,24)/b14-11-. The zero-order valence-corrected chi connectivity index (χ0v) is 16.2. The number of anilines is 1. The lowest BCUT2D eigenvalue weighted by Crippen LogP contribution is -2.03. The van der Waals surface area contributed by atoms with Crippen LogP contribution in [0.15, 0.2) is 60.0 Å². The third kappa shape index (κ3) is 3.65. The number of nitro benzene ring substituents is 1. The van der Waals surface area contributed by atoms with Gasteiger partial charge in [-0.15, -0.1) is 11.3 Å². The van der Waals surface area contributed by atoms with Crippen LogP contribution in [0.4, 0.5) is 11.4 Å². The number of H-pyrrole nitrogens is 1. The first-order valence-corrected chi connectivity index (χ1v) is 9.66. The zero-order valence-electron chi connectivity index (χ0n) is 15.4. The lowest BCUT2D eigenvalue weighted by molar-refractivity contribution is -0.383. The molecule has 4 rings (SSSR count). The van der Waals surface area contributed by atoms with Crippen LogP contribution in [0.2, 0.25) is 0 Å². The average molecular weight is 404 g/mol. The summed E-state index contributed by atoms with van der Waals surface area (Å²) >= 11 is 1.34. The first kappa shape index (κ1) is 18.6. The van der Waals surface area contributed by atoms with Gasteiger partial charge in [-0.3, -0.25) is 14.9 Å². The Morgan fingerprint density at radius 1 is 1.21 bits per heavy atom. The van der Waals surface area contributed by atoms with E-state index >= 15 is 0 Å². The first-order chi connectivity index (χ1) is 14.1. The molecule has 0 amide bonds. The van der Waals surface area contributed by atoms with Gasteiger partial charge in [0, 0.05) is 13.1 Å². The van der Waals surface area contributed by atoms with E-state index in [0.717, 1.165) is 11.0 Å². The molecule has 29 heavy (non-hydrogen) atoms. The second-order valence-corrected chi connectivity index (χ2v) is 7.20. The smallest absolute Gasteiger partial charge is 0.292 e. The van der Waals surface area contributed by atoms with E-state index in [2.05, 4.69) is 15.3 Å². The van der Waals surface area contributed by atoms with E-state index in [9.17, 15) is 14.9 Å². The molecule has 0 saturated heterocycles. The van der Waals surface area contributed by atoms with Crippen LogP contribution in [0.1, 0.15) is 21.1 Å². The van der Waals surface area contributed by atoms with Crippen molar-refractivity contribution in [3.05, 3.63) is 86.4 Å². The van der Waals surface area contributed by atoms with Crippen molar-refractivity contribution in [2.75, 3.05) is 12.4 Å². The molecular formula is C21H16N4O3S. The molecule has 0 atom stereocenters.